The summed E-state index contributed by atoms with van der Waals surface area (Å²) in [7, 11) is 0. The van der Waals surface area contributed by atoms with Gasteiger partial charge in [0, 0.05) is 5.92 Å². The van der Waals surface area contributed by atoms with Gasteiger partial charge in [-0.3, -0.25) is 0 Å². The van der Waals surface area contributed by atoms with Gasteiger partial charge in [-0.2, -0.15) is 5.26 Å². The summed E-state index contributed by atoms with van der Waals surface area (Å²) >= 11 is 0. The zero-order chi connectivity index (χ0) is 15.2. The minimum absolute atomic E-state index is 0.0288. The van der Waals surface area contributed by atoms with Gasteiger partial charge in [-0.25, -0.2) is 0 Å². The normalized spacial score (nSPS) is 26.8. The van der Waals surface area contributed by atoms with Crippen LogP contribution in [0.3, 0.4) is 0 Å². The summed E-state index contributed by atoms with van der Waals surface area (Å²) in [5.74, 6) is -0.0288. The zero-order valence-electron chi connectivity index (χ0n) is 12.9. The second-order valence-corrected chi connectivity index (χ2v) is 7.06. The number of hydrogen-bond acceptors (Lipinski definition) is 3. The molecule has 2 unspecified atom stereocenters. The molecule has 1 N–H and O–H groups in total. The van der Waals surface area contributed by atoms with Crippen LogP contribution in [0.4, 0.5) is 0 Å². The lowest BCUT2D eigenvalue weighted by Crippen LogP contribution is -2.42. The highest BCUT2D eigenvalue weighted by molar-refractivity contribution is 5.36. The Morgan fingerprint density at radius 2 is 2.00 bits per heavy atom. The Labute approximate surface area is 121 Å². The first-order valence-corrected chi connectivity index (χ1v) is 7.02. The largest absolute Gasteiger partial charge is 0.385 e. The van der Waals surface area contributed by atoms with Gasteiger partial charge in [0.25, 0.3) is 0 Å². The minimum atomic E-state index is -1.02. The molecule has 1 aliphatic heterocycles. The lowest BCUT2D eigenvalue weighted by molar-refractivity contribution is -0.110. The highest BCUT2D eigenvalue weighted by Gasteiger charge is 2.53. The fourth-order valence-corrected chi connectivity index (χ4v) is 3.54. The van der Waals surface area contributed by atoms with Crippen molar-refractivity contribution < 1.29 is 9.84 Å². The number of nitriles is 1. The average molecular weight is 273 g/mol. The van der Waals surface area contributed by atoms with Crippen molar-refractivity contribution in [3.05, 3.63) is 35.4 Å². The van der Waals surface area contributed by atoms with Crippen LogP contribution < -0.4 is 0 Å². The molecule has 1 saturated heterocycles. The molecule has 20 heavy (non-hydrogen) atoms. The van der Waals surface area contributed by atoms with Crippen molar-refractivity contribution in [1.82, 2.24) is 0 Å². The molecule has 3 nitrogen and oxygen atoms in total. The highest BCUT2D eigenvalue weighted by Crippen LogP contribution is 2.50. The van der Waals surface area contributed by atoms with E-state index in [0.717, 1.165) is 12.0 Å². The predicted octanol–water partition coefficient (Wildman–Crippen LogP) is 3.36. The van der Waals surface area contributed by atoms with Crippen LogP contribution >= 0.6 is 0 Å². The lowest BCUT2D eigenvalue weighted by Gasteiger charge is -2.38. The van der Waals surface area contributed by atoms with Crippen LogP contribution in [-0.2, 0) is 10.3 Å². The van der Waals surface area contributed by atoms with Crippen molar-refractivity contribution in [3.8, 4) is 6.07 Å². The number of rotatable bonds is 2. The van der Waals surface area contributed by atoms with Gasteiger partial charge in [0.15, 0.2) is 0 Å². The quantitative estimate of drug-likeness (QED) is 0.899. The number of aliphatic hydroxyl groups is 1. The number of hydrogen-bond donors (Lipinski definition) is 1. The fraction of sp³-hybridized carbons (Fsp3) is 0.588. The Bertz CT molecular complexity index is 552. The molecule has 1 aliphatic rings. The summed E-state index contributed by atoms with van der Waals surface area (Å²) in [6.07, 6.45) is 0.782. The second-order valence-electron chi connectivity index (χ2n) is 7.06. The van der Waals surface area contributed by atoms with Gasteiger partial charge in [0.1, 0.15) is 0 Å². The fourth-order valence-electron chi connectivity index (χ4n) is 3.54. The summed E-state index contributed by atoms with van der Waals surface area (Å²) in [5.41, 5.74) is -0.334. The Kier molecular flexibility index (Phi) is 3.44. The van der Waals surface area contributed by atoms with Crippen LogP contribution in [-0.4, -0.2) is 16.3 Å². The smallest absolute Gasteiger partial charge is 0.0991 e. The van der Waals surface area contributed by atoms with Crippen molar-refractivity contribution in [2.24, 2.45) is 5.92 Å². The van der Waals surface area contributed by atoms with Crippen LogP contribution in [0, 0.1) is 17.2 Å². The van der Waals surface area contributed by atoms with Gasteiger partial charge in [0.05, 0.1) is 28.4 Å². The van der Waals surface area contributed by atoms with E-state index in [9.17, 15) is 5.11 Å². The van der Waals surface area contributed by atoms with E-state index in [1.54, 1.807) is 12.1 Å². The second kappa shape index (κ2) is 4.58. The molecule has 0 aliphatic carbocycles. The van der Waals surface area contributed by atoms with Crippen molar-refractivity contribution >= 4 is 0 Å². The molecule has 0 aromatic heterocycles. The average Bonchev–Trinajstić information content (AvgIpc) is 2.58. The number of ether oxygens (including phenoxy) is 1. The molecule has 3 heteroatoms. The Balaban J connectivity index is 2.42. The van der Waals surface area contributed by atoms with Gasteiger partial charge >= 0.3 is 0 Å². The van der Waals surface area contributed by atoms with Gasteiger partial charge < -0.3 is 9.84 Å². The molecule has 108 valence electrons. The van der Waals surface area contributed by atoms with E-state index in [0.29, 0.717) is 5.56 Å². The molecule has 2 rings (SSSR count). The molecule has 1 aromatic carbocycles. The maximum absolute atomic E-state index is 11.1. The maximum Gasteiger partial charge on any atom is 0.0991 e. The first-order chi connectivity index (χ1) is 9.08. The molecule has 0 radical (unpaired) electrons. The van der Waals surface area contributed by atoms with Crippen molar-refractivity contribution in [3.63, 3.8) is 0 Å². The van der Waals surface area contributed by atoms with E-state index < -0.39 is 11.2 Å². The first kappa shape index (κ1) is 15.0. The molecular formula is C17H23NO2. The maximum atomic E-state index is 11.1. The van der Waals surface area contributed by atoms with Crippen molar-refractivity contribution in [2.75, 3.05) is 0 Å². The molecule has 1 fully saturated rings. The summed E-state index contributed by atoms with van der Waals surface area (Å²) < 4.78 is 6.09. The Morgan fingerprint density at radius 3 is 2.50 bits per heavy atom. The van der Waals surface area contributed by atoms with Crippen LogP contribution in [0.1, 0.15) is 52.2 Å². The van der Waals surface area contributed by atoms with E-state index in [2.05, 4.69) is 19.9 Å². The van der Waals surface area contributed by atoms with E-state index in [4.69, 9.17) is 10.00 Å². The summed E-state index contributed by atoms with van der Waals surface area (Å²) in [4.78, 5) is 0. The van der Waals surface area contributed by atoms with Crippen molar-refractivity contribution in [1.29, 1.82) is 5.26 Å². The van der Waals surface area contributed by atoms with E-state index in [-0.39, 0.29) is 11.5 Å². The van der Waals surface area contributed by atoms with Gasteiger partial charge in [-0.15, -0.1) is 0 Å². The third-order valence-corrected chi connectivity index (χ3v) is 4.33. The number of nitrogens with zero attached hydrogens (tertiary/aromatic N) is 1. The molecular weight excluding hydrogens is 250 g/mol. The topological polar surface area (TPSA) is 53.2 Å². The molecule has 0 spiro atoms. The standard InChI is InChI=1S/C17H23NO2/c1-15(2)10-14(16(3,4)20-15)17(5,19)13-8-6-7-12(9-13)11-18/h6-9,14,19H,10H2,1-5H3. The zero-order valence-corrected chi connectivity index (χ0v) is 12.9. The molecule has 1 heterocycles. The van der Waals surface area contributed by atoms with Gasteiger partial charge in [0.2, 0.25) is 0 Å². The van der Waals surface area contributed by atoms with E-state index >= 15 is 0 Å². The lowest BCUT2D eigenvalue weighted by atomic mass is 9.72. The summed E-state index contributed by atoms with van der Waals surface area (Å²) in [5, 5.41) is 20.1. The van der Waals surface area contributed by atoms with Crippen LogP contribution in [0.5, 0.6) is 0 Å². The molecule has 0 amide bonds. The van der Waals surface area contributed by atoms with Gasteiger partial charge in [-0.1, -0.05) is 12.1 Å². The highest BCUT2D eigenvalue weighted by atomic mass is 16.5. The molecule has 0 saturated carbocycles. The third-order valence-electron chi connectivity index (χ3n) is 4.33. The molecule has 2 atom stereocenters. The summed E-state index contributed by atoms with van der Waals surface area (Å²) in [6.45, 7) is 9.97. The molecule has 0 bridgehead atoms. The minimum Gasteiger partial charge on any atom is -0.385 e. The summed E-state index contributed by atoms with van der Waals surface area (Å²) in [6, 6.07) is 9.33. The van der Waals surface area contributed by atoms with E-state index in [1.165, 1.54) is 0 Å². The SMILES string of the molecule is CC1(C)CC(C(C)(O)c2cccc(C#N)c2)C(C)(C)O1. The van der Waals surface area contributed by atoms with Crippen molar-refractivity contribution in [2.45, 2.75) is 57.8 Å². The third kappa shape index (κ3) is 2.59. The number of benzene rings is 1. The van der Waals surface area contributed by atoms with Crippen LogP contribution in [0.15, 0.2) is 24.3 Å². The Hall–Kier alpha value is -1.37. The monoisotopic (exact) mass is 273 g/mol. The van der Waals surface area contributed by atoms with Crippen LogP contribution in [0.2, 0.25) is 0 Å². The Morgan fingerprint density at radius 1 is 1.35 bits per heavy atom. The first-order valence-electron chi connectivity index (χ1n) is 7.02. The van der Waals surface area contributed by atoms with Crippen LogP contribution in [0.25, 0.3) is 0 Å². The molecule has 1 aromatic rings. The van der Waals surface area contributed by atoms with E-state index in [1.807, 2.05) is 32.9 Å². The predicted molar refractivity (Wildman–Crippen MR) is 78.1 cm³/mol. The van der Waals surface area contributed by atoms with Gasteiger partial charge in [-0.05, 0) is 58.7 Å².